The van der Waals surface area contributed by atoms with E-state index in [2.05, 4.69) is 17.2 Å². The zero-order valence-corrected chi connectivity index (χ0v) is 15.8. The van der Waals surface area contributed by atoms with E-state index in [9.17, 15) is 9.59 Å². The number of hydrogen-bond donors (Lipinski definition) is 2. The lowest BCUT2D eigenvalue weighted by Crippen LogP contribution is -2.32. The molecule has 0 saturated heterocycles. The van der Waals surface area contributed by atoms with E-state index in [1.54, 1.807) is 30.3 Å². The summed E-state index contributed by atoms with van der Waals surface area (Å²) >= 11 is 0. The van der Waals surface area contributed by atoms with Crippen LogP contribution in [-0.2, 0) is 4.74 Å². The van der Waals surface area contributed by atoms with Gasteiger partial charge in [-0.25, -0.2) is 4.79 Å². The molecule has 2 aromatic carbocycles. The van der Waals surface area contributed by atoms with E-state index >= 15 is 0 Å². The van der Waals surface area contributed by atoms with Crippen molar-refractivity contribution in [3.05, 3.63) is 65.2 Å². The summed E-state index contributed by atoms with van der Waals surface area (Å²) < 4.78 is 5.15. The molecule has 0 unspecified atom stereocenters. The predicted molar refractivity (Wildman–Crippen MR) is 106 cm³/mol. The maximum Gasteiger partial charge on any atom is 0.407 e. The summed E-state index contributed by atoms with van der Waals surface area (Å²) in [6.07, 6.45) is -0.00138. The van der Waals surface area contributed by atoms with Gasteiger partial charge in [0.1, 0.15) is 5.60 Å². The third-order valence-electron chi connectivity index (χ3n) is 3.48. The van der Waals surface area contributed by atoms with Gasteiger partial charge in [0, 0.05) is 35.3 Å². The number of carbonyl (C=O) groups is 2. The number of hydrogen-bond acceptors (Lipinski definition) is 4. The smallest absolute Gasteiger partial charge is 0.407 e. The van der Waals surface area contributed by atoms with E-state index < -0.39 is 11.7 Å². The minimum Gasteiger partial charge on any atom is -0.444 e. The average molecular weight is 364 g/mol. The molecule has 0 aromatic heterocycles. The van der Waals surface area contributed by atoms with Crippen molar-refractivity contribution in [1.82, 2.24) is 5.32 Å². The average Bonchev–Trinajstić information content (AvgIpc) is 2.61. The number of nitrogens with two attached hydrogens (primary N) is 1. The highest BCUT2D eigenvalue weighted by atomic mass is 16.6. The van der Waals surface area contributed by atoms with Crippen LogP contribution >= 0.6 is 0 Å². The van der Waals surface area contributed by atoms with Crippen molar-refractivity contribution < 1.29 is 14.3 Å². The third-order valence-corrected chi connectivity index (χ3v) is 3.48. The fraction of sp³-hybridized carbons (Fsp3) is 0.273. The summed E-state index contributed by atoms with van der Waals surface area (Å²) in [6.45, 7) is 5.80. The summed E-state index contributed by atoms with van der Waals surface area (Å²) in [4.78, 5) is 24.1. The number of anilines is 1. The van der Waals surface area contributed by atoms with Crippen LogP contribution in [0.2, 0.25) is 0 Å². The minimum atomic E-state index is -0.526. The number of amides is 1. The van der Waals surface area contributed by atoms with Crippen molar-refractivity contribution in [2.45, 2.75) is 32.8 Å². The van der Waals surface area contributed by atoms with Gasteiger partial charge in [0.05, 0.1) is 0 Å². The maximum absolute atomic E-state index is 12.6. The van der Waals surface area contributed by atoms with Crippen LogP contribution in [0.1, 0.15) is 48.7 Å². The molecule has 3 N–H and O–H groups in total. The Morgan fingerprint density at radius 2 is 1.81 bits per heavy atom. The molecular formula is C22H24N2O3. The number of alkyl carbamates (subject to hydrolysis) is 1. The summed E-state index contributed by atoms with van der Waals surface area (Å²) in [5, 5.41) is 2.65. The van der Waals surface area contributed by atoms with E-state index in [1.807, 2.05) is 39.0 Å². The fourth-order valence-corrected chi connectivity index (χ4v) is 2.28. The molecule has 0 aliphatic rings. The Morgan fingerprint density at radius 3 is 2.48 bits per heavy atom. The molecule has 0 aliphatic heterocycles. The van der Waals surface area contributed by atoms with E-state index in [0.29, 0.717) is 35.3 Å². The highest BCUT2D eigenvalue weighted by Crippen LogP contribution is 2.18. The Hall–Kier alpha value is -3.26. The molecule has 0 spiro atoms. The monoisotopic (exact) mass is 364 g/mol. The van der Waals surface area contributed by atoms with Crippen molar-refractivity contribution >= 4 is 17.6 Å². The lowest BCUT2D eigenvalue weighted by molar-refractivity contribution is 0.0529. The topological polar surface area (TPSA) is 81.4 Å². The third kappa shape index (κ3) is 6.52. The largest absolute Gasteiger partial charge is 0.444 e. The van der Waals surface area contributed by atoms with Crippen LogP contribution < -0.4 is 11.1 Å². The molecule has 0 radical (unpaired) electrons. The number of nitrogen functional groups attached to an aromatic ring is 1. The minimum absolute atomic E-state index is 0.136. The molecule has 0 bridgehead atoms. The molecule has 2 rings (SSSR count). The van der Waals surface area contributed by atoms with Gasteiger partial charge in [0.15, 0.2) is 5.78 Å². The molecule has 5 heteroatoms. The van der Waals surface area contributed by atoms with Crippen molar-refractivity contribution in [3.63, 3.8) is 0 Å². The van der Waals surface area contributed by atoms with Gasteiger partial charge in [0.2, 0.25) is 0 Å². The van der Waals surface area contributed by atoms with E-state index in [0.717, 1.165) is 0 Å². The molecule has 27 heavy (non-hydrogen) atoms. The molecular weight excluding hydrogens is 340 g/mol. The van der Waals surface area contributed by atoms with E-state index in [-0.39, 0.29) is 5.78 Å². The molecule has 0 heterocycles. The Labute approximate surface area is 159 Å². The summed E-state index contributed by atoms with van der Waals surface area (Å²) in [7, 11) is 0. The van der Waals surface area contributed by atoms with Crippen LogP contribution in [-0.4, -0.2) is 24.0 Å². The molecule has 140 valence electrons. The zero-order valence-electron chi connectivity index (χ0n) is 15.8. The first-order valence-corrected chi connectivity index (χ1v) is 8.71. The first kappa shape index (κ1) is 20.1. The number of rotatable bonds is 4. The first-order chi connectivity index (χ1) is 12.8. The van der Waals surface area contributed by atoms with Gasteiger partial charge < -0.3 is 15.8 Å². The molecule has 0 saturated carbocycles. The van der Waals surface area contributed by atoms with Crippen LogP contribution in [0.25, 0.3) is 0 Å². The van der Waals surface area contributed by atoms with Gasteiger partial charge in [-0.15, -0.1) is 0 Å². The number of ketones is 1. The number of ether oxygens (including phenoxy) is 1. The van der Waals surface area contributed by atoms with Crippen molar-refractivity contribution in [3.8, 4) is 11.8 Å². The standard InChI is InChI=1S/C22H24N2O3/c1-22(2,3)27-21(26)24-14-8-7-9-16-12-13-19(23)18(15-16)20(25)17-10-5-4-6-11-17/h4-6,10-13,15H,8,14,23H2,1-3H3,(H,24,26). The quantitative estimate of drug-likeness (QED) is 0.374. The second-order valence-electron chi connectivity index (χ2n) is 6.98. The van der Waals surface area contributed by atoms with Gasteiger partial charge in [-0.2, -0.15) is 0 Å². The highest BCUT2D eigenvalue weighted by molar-refractivity contribution is 6.12. The molecule has 0 atom stereocenters. The van der Waals surface area contributed by atoms with E-state index in [1.165, 1.54) is 0 Å². The Kier molecular flexibility index (Phi) is 6.62. The van der Waals surface area contributed by atoms with Gasteiger partial charge in [-0.05, 0) is 39.0 Å². The SMILES string of the molecule is CC(C)(C)OC(=O)NCCC#Cc1ccc(N)c(C(=O)c2ccccc2)c1. The Morgan fingerprint density at radius 1 is 1.11 bits per heavy atom. The van der Waals surface area contributed by atoms with Crippen LogP contribution in [0.3, 0.4) is 0 Å². The van der Waals surface area contributed by atoms with Crippen LogP contribution in [0.5, 0.6) is 0 Å². The zero-order chi connectivity index (χ0) is 19.9. The number of benzene rings is 2. The van der Waals surface area contributed by atoms with Crippen LogP contribution in [0.15, 0.2) is 48.5 Å². The van der Waals surface area contributed by atoms with Gasteiger partial charge in [0.25, 0.3) is 0 Å². The normalized spacial score (nSPS) is 10.5. The van der Waals surface area contributed by atoms with Crippen LogP contribution in [0.4, 0.5) is 10.5 Å². The van der Waals surface area contributed by atoms with Crippen molar-refractivity contribution in [2.24, 2.45) is 0 Å². The molecule has 1 amide bonds. The fourth-order valence-electron chi connectivity index (χ4n) is 2.28. The van der Waals surface area contributed by atoms with Gasteiger partial charge >= 0.3 is 6.09 Å². The first-order valence-electron chi connectivity index (χ1n) is 8.71. The molecule has 5 nitrogen and oxygen atoms in total. The molecule has 0 fully saturated rings. The van der Waals surface area contributed by atoms with Gasteiger partial charge in [-0.3, -0.25) is 4.79 Å². The Bertz CT molecular complexity index is 872. The van der Waals surface area contributed by atoms with Gasteiger partial charge in [-0.1, -0.05) is 42.2 Å². The van der Waals surface area contributed by atoms with Crippen molar-refractivity contribution in [1.29, 1.82) is 0 Å². The predicted octanol–water partition coefficient (Wildman–Crippen LogP) is 3.77. The van der Waals surface area contributed by atoms with Crippen LogP contribution in [0, 0.1) is 11.8 Å². The molecule has 0 aliphatic carbocycles. The summed E-state index contributed by atoms with van der Waals surface area (Å²) in [5.41, 5.74) is 7.55. The van der Waals surface area contributed by atoms with E-state index in [4.69, 9.17) is 10.5 Å². The number of carbonyl (C=O) groups excluding carboxylic acids is 2. The summed E-state index contributed by atoms with van der Waals surface area (Å²) in [6, 6.07) is 14.1. The second-order valence-corrected chi connectivity index (χ2v) is 6.98. The Balaban J connectivity index is 1.98. The second kappa shape index (κ2) is 8.91. The highest BCUT2D eigenvalue weighted by Gasteiger charge is 2.15. The molecule has 2 aromatic rings. The lowest BCUT2D eigenvalue weighted by atomic mass is 10.00. The lowest BCUT2D eigenvalue weighted by Gasteiger charge is -2.19. The van der Waals surface area contributed by atoms with Crippen molar-refractivity contribution in [2.75, 3.05) is 12.3 Å². The summed E-state index contributed by atoms with van der Waals surface area (Å²) in [5.74, 6) is 5.83. The maximum atomic E-state index is 12.6. The number of nitrogens with one attached hydrogen (secondary N) is 1.